The Hall–Kier alpha value is -2.30. The molecule has 0 spiro atoms. The van der Waals surface area contributed by atoms with E-state index >= 15 is 0 Å². The molecule has 0 aliphatic heterocycles. The van der Waals surface area contributed by atoms with Gasteiger partial charge in [-0.05, 0) is 43.7 Å². The second-order valence-corrected chi connectivity index (χ2v) is 7.40. The van der Waals surface area contributed by atoms with Gasteiger partial charge in [-0.3, -0.25) is 4.79 Å². The molecule has 0 bridgehead atoms. The van der Waals surface area contributed by atoms with Crippen molar-refractivity contribution in [1.82, 2.24) is 14.7 Å². The average Bonchev–Trinajstić information content (AvgIpc) is 2.93. The van der Waals surface area contributed by atoms with Crippen molar-refractivity contribution in [3.8, 4) is 5.69 Å². The first-order valence-corrected chi connectivity index (χ1v) is 9.41. The third-order valence-corrected chi connectivity index (χ3v) is 5.21. The highest BCUT2D eigenvalue weighted by Gasteiger charge is 2.18. The van der Waals surface area contributed by atoms with Crippen LogP contribution in [0.2, 0.25) is 10.0 Å². The maximum atomic E-state index is 12.8. The molecule has 1 heterocycles. The zero-order chi connectivity index (χ0) is 19.6. The summed E-state index contributed by atoms with van der Waals surface area (Å²) in [5.74, 6) is 0.0137. The third-order valence-electron chi connectivity index (χ3n) is 4.62. The predicted octanol–water partition coefficient (Wildman–Crippen LogP) is 5.00. The lowest BCUT2D eigenvalue weighted by Crippen LogP contribution is -2.28. The fraction of sp³-hybridized carbons (Fsp3) is 0.238. The summed E-state index contributed by atoms with van der Waals surface area (Å²) >= 11 is 12.2. The molecular weight excluding hydrogens is 381 g/mol. The molecule has 27 heavy (non-hydrogen) atoms. The van der Waals surface area contributed by atoms with Gasteiger partial charge in [0, 0.05) is 34.9 Å². The number of carbonyl (C=O) groups is 1. The molecule has 0 saturated carbocycles. The van der Waals surface area contributed by atoms with Crippen LogP contribution in [0, 0.1) is 13.8 Å². The monoisotopic (exact) mass is 401 g/mol. The number of hydrogen-bond donors (Lipinski definition) is 0. The molecule has 0 N–H and O–H groups in total. The molecule has 0 atom stereocenters. The summed E-state index contributed by atoms with van der Waals surface area (Å²) < 4.78 is 1.88. The van der Waals surface area contributed by atoms with Crippen LogP contribution in [-0.4, -0.2) is 27.6 Å². The van der Waals surface area contributed by atoms with Crippen LogP contribution < -0.4 is 0 Å². The number of hydrogen-bond acceptors (Lipinski definition) is 2. The predicted molar refractivity (Wildman–Crippen MR) is 110 cm³/mol. The van der Waals surface area contributed by atoms with Gasteiger partial charge in [-0.1, -0.05) is 47.5 Å². The van der Waals surface area contributed by atoms with Gasteiger partial charge in [-0.25, -0.2) is 4.68 Å². The van der Waals surface area contributed by atoms with E-state index in [1.54, 1.807) is 24.1 Å². The zero-order valence-electron chi connectivity index (χ0n) is 15.5. The van der Waals surface area contributed by atoms with E-state index < -0.39 is 0 Å². The molecule has 0 unspecified atom stereocenters. The summed E-state index contributed by atoms with van der Waals surface area (Å²) in [7, 11) is 1.78. The Morgan fingerprint density at radius 2 is 1.81 bits per heavy atom. The lowest BCUT2D eigenvalue weighted by Gasteiger charge is -2.18. The van der Waals surface area contributed by atoms with E-state index in [0.717, 1.165) is 28.2 Å². The number of amides is 1. The number of carbonyl (C=O) groups excluding carboxylic acids is 1. The molecule has 140 valence electrons. The lowest BCUT2D eigenvalue weighted by atomic mass is 10.1. The smallest absolute Gasteiger partial charge is 0.227 e. The molecule has 1 amide bonds. The Kier molecular flexibility index (Phi) is 5.88. The first-order chi connectivity index (χ1) is 12.9. The van der Waals surface area contributed by atoms with E-state index in [4.69, 9.17) is 23.2 Å². The Morgan fingerprint density at radius 3 is 2.48 bits per heavy atom. The molecule has 6 heteroatoms. The number of nitrogens with zero attached hydrogens (tertiary/aromatic N) is 3. The molecular formula is C21H21Cl2N3O. The number of para-hydroxylation sites is 1. The fourth-order valence-corrected chi connectivity index (χ4v) is 3.50. The zero-order valence-corrected chi connectivity index (χ0v) is 17.1. The summed E-state index contributed by atoms with van der Waals surface area (Å²) in [5.41, 5.74) is 4.65. The number of benzene rings is 2. The lowest BCUT2D eigenvalue weighted by molar-refractivity contribution is -0.129. The summed E-state index contributed by atoms with van der Waals surface area (Å²) in [5, 5.41) is 5.75. The van der Waals surface area contributed by atoms with Crippen LogP contribution in [0.4, 0.5) is 0 Å². The molecule has 4 nitrogen and oxygen atoms in total. The quantitative estimate of drug-likeness (QED) is 0.603. The Labute approximate surface area is 169 Å². The molecule has 0 fully saturated rings. The van der Waals surface area contributed by atoms with Crippen LogP contribution in [0.1, 0.15) is 22.5 Å². The molecule has 0 aliphatic carbocycles. The average molecular weight is 402 g/mol. The summed E-state index contributed by atoms with van der Waals surface area (Å²) in [4.78, 5) is 14.4. The van der Waals surface area contributed by atoms with Gasteiger partial charge in [0.05, 0.1) is 17.8 Å². The normalized spacial score (nSPS) is 10.9. The number of rotatable bonds is 5. The summed E-state index contributed by atoms with van der Waals surface area (Å²) in [6, 6.07) is 15.2. The Morgan fingerprint density at radius 1 is 1.11 bits per heavy atom. The van der Waals surface area contributed by atoms with Crippen LogP contribution >= 0.6 is 23.2 Å². The molecule has 0 aliphatic rings. The summed E-state index contributed by atoms with van der Waals surface area (Å²) in [6.45, 7) is 4.36. The van der Waals surface area contributed by atoms with Gasteiger partial charge in [0.2, 0.25) is 5.91 Å². The van der Waals surface area contributed by atoms with Crippen molar-refractivity contribution < 1.29 is 4.79 Å². The van der Waals surface area contributed by atoms with Gasteiger partial charge in [-0.15, -0.1) is 0 Å². The second-order valence-electron chi connectivity index (χ2n) is 6.56. The van der Waals surface area contributed by atoms with Gasteiger partial charge in [0.15, 0.2) is 0 Å². The van der Waals surface area contributed by atoms with Crippen LogP contribution in [0.25, 0.3) is 5.69 Å². The van der Waals surface area contributed by atoms with E-state index in [9.17, 15) is 4.79 Å². The minimum absolute atomic E-state index is 0.0137. The Bertz CT molecular complexity index is 967. The first-order valence-electron chi connectivity index (χ1n) is 8.65. The van der Waals surface area contributed by atoms with Crippen molar-refractivity contribution >= 4 is 29.1 Å². The van der Waals surface area contributed by atoms with Gasteiger partial charge in [0.1, 0.15) is 0 Å². The maximum absolute atomic E-state index is 12.8. The maximum Gasteiger partial charge on any atom is 0.227 e. The minimum atomic E-state index is 0.0137. The third kappa shape index (κ3) is 4.34. The topological polar surface area (TPSA) is 38.1 Å². The molecule has 0 saturated heterocycles. The number of aromatic nitrogens is 2. The molecule has 1 aromatic heterocycles. The largest absolute Gasteiger partial charge is 0.341 e. The van der Waals surface area contributed by atoms with Crippen molar-refractivity contribution in [2.24, 2.45) is 0 Å². The van der Waals surface area contributed by atoms with Crippen LogP contribution in [0.5, 0.6) is 0 Å². The van der Waals surface area contributed by atoms with Crippen LogP contribution in [0.15, 0.2) is 48.5 Å². The SMILES string of the molecule is Cc1nn(-c2ccccc2)c(C)c1CC(=O)N(C)Cc1ccc(Cl)cc1Cl. The molecule has 3 aromatic rings. The number of halogens is 2. The standard InChI is InChI=1S/C21H21Cl2N3O/c1-14-19(15(2)26(24-14)18-7-5-4-6-8-18)12-21(27)25(3)13-16-9-10-17(22)11-20(16)23/h4-11H,12-13H2,1-3H3. The highest BCUT2D eigenvalue weighted by Crippen LogP contribution is 2.23. The van der Waals surface area contributed by atoms with Gasteiger partial charge < -0.3 is 4.90 Å². The van der Waals surface area contributed by atoms with Crippen molar-refractivity contribution in [2.45, 2.75) is 26.8 Å². The number of likely N-dealkylation sites (N-methyl/N-ethyl adjacent to an activating group) is 1. The second kappa shape index (κ2) is 8.15. The first kappa shape index (κ1) is 19.5. The van der Waals surface area contributed by atoms with Crippen molar-refractivity contribution in [1.29, 1.82) is 0 Å². The van der Waals surface area contributed by atoms with E-state index in [1.807, 2.05) is 54.9 Å². The van der Waals surface area contributed by atoms with Crippen molar-refractivity contribution in [3.05, 3.63) is 81.1 Å². The van der Waals surface area contributed by atoms with Crippen LogP contribution in [0.3, 0.4) is 0 Å². The summed E-state index contributed by atoms with van der Waals surface area (Å²) in [6.07, 6.45) is 0.298. The minimum Gasteiger partial charge on any atom is -0.341 e. The molecule has 2 aromatic carbocycles. The van der Waals surface area contributed by atoms with E-state index in [1.165, 1.54) is 0 Å². The molecule has 0 radical (unpaired) electrons. The van der Waals surface area contributed by atoms with Crippen molar-refractivity contribution in [3.63, 3.8) is 0 Å². The van der Waals surface area contributed by atoms with E-state index in [0.29, 0.717) is 23.0 Å². The fourth-order valence-electron chi connectivity index (χ4n) is 3.03. The van der Waals surface area contributed by atoms with E-state index in [-0.39, 0.29) is 5.91 Å². The highest BCUT2D eigenvalue weighted by atomic mass is 35.5. The van der Waals surface area contributed by atoms with Crippen molar-refractivity contribution in [2.75, 3.05) is 7.05 Å². The Balaban J connectivity index is 1.77. The van der Waals surface area contributed by atoms with Gasteiger partial charge >= 0.3 is 0 Å². The van der Waals surface area contributed by atoms with Crippen LogP contribution in [-0.2, 0) is 17.8 Å². The highest BCUT2D eigenvalue weighted by molar-refractivity contribution is 6.35. The van der Waals surface area contributed by atoms with Gasteiger partial charge in [0.25, 0.3) is 0 Å². The number of aryl methyl sites for hydroxylation is 1. The van der Waals surface area contributed by atoms with Gasteiger partial charge in [-0.2, -0.15) is 5.10 Å². The van der Waals surface area contributed by atoms with E-state index in [2.05, 4.69) is 5.10 Å². The molecule has 3 rings (SSSR count).